The van der Waals surface area contributed by atoms with Crippen LogP contribution in [-0.2, 0) is 26.0 Å². The maximum absolute atomic E-state index is 13.3. The van der Waals surface area contributed by atoms with Crippen molar-refractivity contribution < 1.29 is 27.9 Å². The Hall–Kier alpha value is -5.16. The Morgan fingerprint density at radius 1 is 0.932 bits per heavy atom. The zero-order valence-electron chi connectivity index (χ0n) is 24.4. The fourth-order valence-corrected chi connectivity index (χ4v) is 5.98. The largest absolute Gasteiger partial charge is 0.508 e. The quantitative estimate of drug-likeness (QED) is 0.204. The maximum atomic E-state index is 13.3. The molecule has 3 aromatic carbocycles. The van der Waals surface area contributed by atoms with Crippen LogP contribution >= 0.6 is 0 Å². The average molecular weight is 613 g/mol. The highest BCUT2D eigenvalue weighted by Gasteiger charge is 2.25. The van der Waals surface area contributed by atoms with E-state index in [0.717, 1.165) is 16.7 Å². The number of aromatic nitrogens is 2. The second kappa shape index (κ2) is 12.2. The number of pyridine rings is 1. The third kappa shape index (κ3) is 6.90. The fraction of sp³-hybridized carbons (Fsp3) is 0.182. The first-order chi connectivity index (χ1) is 20.9. The predicted octanol–water partition coefficient (Wildman–Crippen LogP) is 5.72. The number of carbonyl (C=O) groups is 2. The molecule has 0 fully saturated rings. The van der Waals surface area contributed by atoms with Gasteiger partial charge >= 0.3 is 6.09 Å². The van der Waals surface area contributed by atoms with Crippen LogP contribution in [0.2, 0.25) is 0 Å². The van der Waals surface area contributed by atoms with Crippen LogP contribution < -0.4 is 10.6 Å². The molecule has 0 aliphatic heterocycles. The van der Waals surface area contributed by atoms with E-state index in [1.54, 1.807) is 81.6 Å². The summed E-state index contributed by atoms with van der Waals surface area (Å²) in [7, 11) is -3.84. The summed E-state index contributed by atoms with van der Waals surface area (Å²) >= 11 is 0. The molecule has 0 unspecified atom stereocenters. The molecule has 5 rings (SSSR count). The van der Waals surface area contributed by atoms with E-state index >= 15 is 0 Å². The molecule has 44 heavy (non-hydrogen) atoms. The number of carbonyl (C=O) groups excluding carboxylic acids is 2. The van der Waals surface area contributed by atoms with Gasteiger partial charge in [0.2, 0.25) is 5.91 Å². The highest BCUT2D eigenvalue weighted by atomic mass is 32.2. The van der Waals surface area contributed by atoms with Crippen molar-refractivity contribution in [1.82, 2.24) is 14.3 Å². The minimum atomic E-state index is -3.84. The summed E-state index contributed by atoms with van der Waals surface area (Å²) in [6.45, 7) is 5.20. The minimum Gasteiger partial charge on any atom is -0.508 e. The first-order valence-corrected chi connectivity index (χ1v) is 15.3. The third-order valence-corrected chi connectivity index (χ3v) is 8.38. The van der Waals surface area contributed by atoms with E-state index in [1.165, 1.54) is 34.4 Å². The number of ether oxygens (including phenoxy) is 1. The molecule has 0 saturated carbocycles. The summed E-state index contributed by atoms with van der Waals surface area (Å²) in [5.74, 6) is -0.359. The van der Waals surface area contributed by atoms with Crippen LogP contribution in [0.5, 0.6) is 5.75 Å². The third-order valence-electron chi connectivity index (χ3n) is 6.70. The number of fused-ring (bicyclic) bond motifs is 1. The van der Waals surface area contributed by atoms with Gasteiger partial charge in [0.15, 0.2) is 5.65 Å². The highest BCUT2D eigenvalue weighted by molar-refractivity contribution is 7.90. The van der Waals surface area contributed by atoms with Gasteiger partial charge in [0, 0.05) is 29.9 Å². The van der Waals surface area contributed by atoms with Crippen molar-refractivity contribution in [3.8, 4) is 16.9 Å². The van der Waals surface area contributed by atoms with E-state index < -0.39 is 33.7 Å². The van der Waals surface area contributed by atoms with Crippen LogP contribution in [0.4, 0.5) is 10.5 Å². The number of phenols is 1. The van der Waals surface area contributed by atoms with Crippen LogP contribution in [0.25, 0.3) is 22.2 Å². The molecule has 2 amide bonds. The SMILES string of the molecule is CC(C)(C)OC(=O)N[C@H](Cc1ccc(O)cc1)C(=O)Nc1ccc(-c2ccnc3c2ccn3S(=O)(=O)c2ccccc2)cc1. The molecule has 1 atom stereocenters. The summed E-state index contributed by atoms with van der Waals surface area (Å²) < 4.78 is 33.1. The lowest BCUT2D eigenvalue weighted by molar-refractivity contribution is -0.118. The van der Waals surface area contributed by atoms with Crippen molar-refractivity contribution in [2.75, 3.05) is 5.32 Å². The van der Waals surface area contributed by atoms with Crippen molar-refractivity contribution in [3.05, 3.63) is 109 Å². The molecule has 0 spiro atoms. The lowest BCUT2D eigenvalue weighted by Gasteiger charge is -2.23. The molecule has 0 aliphatic rings. The first kappa shape index (κ1) is 30.3. The van der Waals surface area contributed by atoms with Crippen molar-refractivity contribution in [2.24, 2.45) is 0 Å². The number of hydrogen-bond donors (Lipinski definition) is 3. The number of hydrogen-bond acceptors (Lipinski definition) is 7. The summed E-state index contributed by atoms with van der Waals surface area (Å²) in [4.78, 5) is 30.4. The summed E-state index contributed by atoms with van der Waals surface area (Å²) in [5.41, 5.74) is 2.34. The van der Waals surface area contributed by atoms with Crippen LogP contribution in [0, 0.1) is 0 Å². The normalized spacial score (nSPS) is 12.4. The standard InChI is InChI=1S/C33H32N4O6S/c1-33(2,3)43-32(40)36-29(21-22-9-15-25(38)16-10-22)31(39)35-24-13-11-23(12-14-24)27-17-19-34-30-28(27)18-20-37(30)44(41,42)26-7-5-4-6-8-26/h4-20,29,38H,21H2,1-3H3,(H,35,39)(H,36,40)/t29-/m1/s1. The van der Waals surface area contributed by atoms with Gasteiger partial charge in [0.1, 0.15) is 17.4 Å². The summed E-state index contributed by atoms with van der Waals surface area (Å²) in [6, 6.07) is 24.2. The molecule has 2 aromatic heterocycles. The van der Waals surface area contributed by atoms with E-state index in [9.17, 15) is 23.1 Å². The maximum Gasteiger partial charge on any atom is 0.408 e. The molecule has 2 heterocycles. The Balaban J connectivity index is 1.37. The van der Waals surface area contributed by atoms with Crippen LogP contribution in [0.3, 0.4) is 0 Å². The van der Waals surface area contributed by atoms with Gasteiger partial charge in [-0.25, -0.2) is 22.2 Å². The summed E-state index contributed by atoms with van der Waals surface area (Å²) in [6.07, 6.45) is 2.49. The van der Waals surface area contributed by atoms with Crippen molar-refractivity contribution in [3.63, 3.8) is 0 Å². The number of amides is 2. The minimum absolute atomic E-state index is 0.0933. The van der Waals surface area contributed by atoms with Gasteiger partial charge in [0.05, 0.1) is 4.90 Å². The van der Waals surface area contributed by atoms with Crippen LogP contribution in [0.15, 0.2) is 108 Å². The lowest BCUT2D eigenvalue weighted by atomic mass is 10.0. The molecule has 10 nitrogen and oxygen atoms in total. The number of nitrogens with zero attached hydrogens (tertiary/aromatic N) is 2. The smallest absolute Gasteiger partial charge is 0.408 e. The topological polar surface area (TPSA) is 140 Å². The summed E-state index contributed by atoms with van der Waals surface area (Å²) in [5, 5.41) is 15.8. The molecular formula is C33H32N4O6S. The number of phenolic OH excluding ortho intramolecular Hbond substituents is 1. The van der Waals surface area contributed by atoms with Gasteiger partial charge in [-0.15, -0.1) is 0 Å². The van der Waals surface area contributed by atoms with E-state index in [4.69, 9.17) is 4.74 Å². The predicted molar refractivity (Wildman–Crippen MR) is 168 cm³/mol. The van der Waals surface area contributed by atoms with Gasteiger partial charge < -0.3 is 20.5 Å². The second-order valence-electron chi connectivity index (χ2n) is 11.2. The Bertz CT molecular complexity index is 1900. The second-order valence-corrected chi connectivity index (χ2v) is 13.0. The number of benzene rings is 3. The van der Waals surface area contributed by atoms with Crippen LogP contribution in [-0.4, -0.2) is 46.1 Å². The van der Waals surface area contributed by atoms with Gasteiger partial charge in [-0.3, -0.25) is 4.79 Å². The zero-order chi connectivity index (χ0) is 31.5. The van der Waals surface area contributed by atoms with E-state index in [1.807, 2.05) is 12.1 Å². The van der Waals surface area contributed by atoms with Crippen molar-refractivity contribution in [2.45, 2.75) is 43.7 Å². The van der Waals surface area contributed by atoms with Gasteiger partial charge in [-0.2, -0.15) is 0 Å². The van der Waals surface area contributed by atoms with E-state index in [-0.39, 0.29) is 17.1 Å². The molecule has 0 radical (unpaired) electrons. The molecular weight excluding hydrogens is 580 g/mol. The monoisotopic (exact) mass is 612 g/mol. The van der Waals surface area contributed by atoms with E-state index in [2.05, 4.69) is 15.6 Å². The Morgan fingerprint density at radius 2 is 1.61 bits per heavy atom. The fourth-order valence-electron chi connectivity index (χ4n) is 4.66. The number of nitrogens with one attached hydrogen (secondary N) is 2. The molecule has 11 heteroatoms. The van der Waals surface area contributed by atoms with E-state index in [0.29, 0.717) is 16.7 Å². The molecule has 3 N–H and O–H groups in total. The average Bonchev–Trinajstić information content (AvgIpc) is 3.43. The highest BCUT2D eigenvalue weighted by Crippen LogP contribution is 2.31. The number of anilines is 1. The van der Waals surface area contributed by atoms with Crippen LogP contribution in [0.1, 0.15) is 26.3 Å². The van der Waals surface area contributed by atoms with Gasteiger partial charge in [-0.05, 0) is 86.0 Å². The lowest BCUT2D eigenvalue weighted by Crippen LogP contribution is -2.47. The van der Waals surface area contributed by atoms with Gasteiger partial charge in [-0.1, -0.05) is 42.5 Å². The molecule has 0 saturated heterocycles. The van der Waals surface area contributed by atoms with Crippen molar-refractivity contribution >= 4 is 38.7 Å². The first-order valence-electron chi connectivity index (χ1n) is 13.9. The zero-order valence-corrected chi connectivity index (χ0v) is 25.2. The van der Waals surface area contributed by atoms with Gasteiger partial charge in [0.25, 0.3) is 10.0 Å². The number of aromatic hydroxyl groups is 1. The van der Waals surface area contributed by atoms with Crippen molar-refractivity contribution in [1.29, 1.82) is 0 Å². The number of rotatable bonds is 8. The molecule has 0 bridgehead atoms. The molecule has 226 valence electrons. The Kier molecular flexibility index (Phi) is 8.41. The number of alkyl carbamates (subject to hydrolysis) is 1. The molecule has 5 aromatic rings. The molecule has 0 aliphatic carbocycles. The Labute approximate surface area is 255 Å². The Morgan fingerprint density at radius 3 is 2.27 bits per heavy atom.